The Balaban J connectivity index is 3.07. The molecule has 0 heterocycles. The van der Waals surface area contributed by atoms with E-state index >= 15 is 0 Å². The van der Waals surface area contributed by atoms with Gasteiger partial charge in [0.25, 0.3) is 0 Å². The van der Waals surface area contributed by atoms with E-state index in [4.69, 9.17) is 10.2 Å². The molecule has 0 aromatic heterocycles. The van der Waals surface area contributed by atoms with Crippen LogP contribution in [0.15, 0.2) is 0 Å². The first-order valence-corrected chi connectivity index (χ1v) is 2.49. The van der Waals surface area contributed by atoms with E-state index in [0.29, 0.717) is 0 Å². The molecule has 8 heavy (non-hydrogen) atoms. The molecule has 0 saturated heterocycles. The van der Waals surface area contributed by atoms with E-state index in [1.54, 1.807) is 7.05 Å². The van der Waals surface area contributed by atoms with Crippen molar-refractivity contribution in [1.29, 1.82) is 0 Å². The monoisotopic (exact) mass is 120 g/mol. The van der Waals surface area contributed by atoms with Crippen LogP contribution in [-0.2, 0) is 0 Å². The van der Waals surface area contributed by atoms with Crippen molar-refractivity contribution < 1.29 is 10.2 Å². The second kappa shape index (κ2) is 4.99. The molecule has 0 fully saturated rings. The lowest BCUT2D eigenvalue weighted by Crippen LogP contribution is -2.42. The van der Waals surface area contributed by atoms with E-state index in [-0.39, 0.29) is 19.3 Å². The minimum atomic E-state index is -0.250. The van der Waals surface area contributed by atoms with Crippen molar-refractivity contribution in [2.75, 3.05) is 20.3 Å². The van der Waals surface area contributed by atoms with Crippen molar-refractivity contribution in [3.05, 3.63) is 0 Å². The summed E-state index contributed by atoms with van der Waals surface area (Å²) in [5.41, 5.74) is 5.23. The Morgan fingerprint density at radius 2 is 1.88 bits per heavy atom. The summed E-state index contributed by atoms with van der Waals surface area (Å²) in [6.45, 7) is -0.116. The van der Waals surface area contributed by atoms with Gasteiger partial charge in [0, 0.05) is 0 Å². The number of aliphatic hydroxyl groups is 2. The largest absolute Gasteiger partial charge is 0.395 e. The summed E-state index contributed by atoms with van der Waals surface area (Å²) in [5.74, 6) is 0. The van der Waals surface area contributed by atoms with Crippen LogP contribution >= 0.6 is 0 Å². The summed E-state index contributed by atoms with van der Waals surface area (Å²) in [5, 5.41) is 16.8. The van der Waals surface area contributed by atoms with Crippen LogP contribution in [0.25, 0.3) is 0 Å². The molecular weight excluding hydrogens is 108 g/mol. The molecule has 0 atom stereocenters. The summed E-state index contributed by atoms with van der Waals surface area (Å²) in [7, 11) is 1.68. The van der Waals surface area contributed by atoms with Crippen LogP contribution in [0.1, 0.15) is 0 Å². The van der Waals surface area contributed by atoms with Gasteiger partial charge in [-0.05, 0) is 7.05 Å². The maximum atomic E-state index is 8.39. The third-order valence-electron chi connectivity index (χ3n) is 0.789. The summed E-state index contributed by atoms with van der Waals surface area (Å²) in [6.07, 6.45) is 0. The van der Waals surface area contributed by atoms with Gasteiger partial charge in [-0.1, -0.05) is 0 Å². The van der Waals surface area contributed by atoms with Crippen LogP contribution < -0.4 is 10.9 Å². The Kier molecular flexibility index (Phi) is 4.89. The molecule has 4 nitrogen and oxygen atoms in total. The average molecular weight is 120 g/mol. The normalized spacial score (nSPS) is 10.5. The molecule has 0 bridgehead atoms. The Bertz CT molecular complexity index is 47.3. The fraction of sp³-hybridized carbons (Fsp3) is 1.00. The SMILES string of the molecule is CNNC(CO)CO. The smallest absolute Gasteiger partial charge is 0.0675 e. The minimum absolute atomic E-state index is 0.0582. The molecule has 0 aliphatic rings. The Morgan fingerprint density at radius 3 is 2.00 bits per heavy atom. The number of rotatable bonds is 4. The highest BCUT2D eigenvalue weighted by Gasteiger charge is 1.99. The average Bonchev–Trinajstić information content (AvgIpc) is 1.83. The lowest BCUT2D eigenvalue weighted by atomic mass is 10.4. The standard InChI is InChI=1S/C4H12N2O2/c1-5-6-4(2-7)3-8/h4-8H,2-3H2,1H3. The van der Waals surface area contributed by atoms with Gasteiger partial charge >= 0.3 is 0 Å². The molecule has 50 valence electrons. The molecule has 0 rings (SSSR count). The third-order valence-corrected chi connectivity index (χ3v) is 0.789. The van der Waals surface area contributed by atoms with E-state index in [9.17, 15) is 0 Å². The molecule has 0 spiro atoms. The first-order chi connectivity index (χ1) is 3.85. The highest BCUT2D eigenvalue weighted by Crippen LogP contribution is 1.72. The first-order valence-electron chi connectivity index (χ1n) is 2.49. The van der Waals surface area contributed by atoms with Gasteiger partial charge in [-0.25, -0.2) is 0 Å². The van der Waals surface area contributed by atoms with Crippen LogP contribution in [-0.4, -0.2) is 36.5 Å². The number of hydrazine groups is 1. The predicted octanol–water partition coefficient (Wildman–Crippen LogP) is -1.94. The molecule has 0 saturated carbocycles. The summed E-state index contributed by atoms with van der Waals surface area (Å²) in [6, 6.07) is -0.250. The van der Waals surface area contributed by atoms with Crippen LogP contribution in [0.5, 0.6) is 0 Å². The van der Waals surface area contributed by atoms with Crippen LogP contribution in [0.3, 0.4) is 0 Å². The highest BCUT2D eigenvalue weighted by molar-refractivity contribution is 4.57. The molecule has 0 amide bonds. The van der Waals surface area contributed by atoms with E-state index < -0.39 is 0 Å². The van der Waals surface area contributed by atoms with Crippen molar-refractivity contribution >= 4 is 0 Å². The van der Waals surface area contributed by atoms with E-state index in [0.717, 1.165) is 0 Å². The summed E-state index contributed by atoms with van der Waals surface area (Å²) in [4.78, 5) is 0. The molecule has 0 aromatic rings. The zero-order chi connectivity index (χ0) is 6.41. The highest BCUT2D eigenvalue weighted by atomic mass is 16.3. The number of hydrogen-bond acceptors (Lipinski definition) is 4. The van der Waals surface area contributed by atoms with Gasteiger partial charge in [-0.3, -0.25) is 10.9 Å². The fourth-order valence-corrected chi connectivity index (χ4v) is 0.353. The van der Waals surface area contributed by atoms with E-state index in [1.807, 2.05) is 0 Å². The van der Waals surface area contributed by atoms with Crippen LogP contribution in [0, 0.1) is 0 Å². The van der Waals surface area contributed by atoms with Gasteiger partial charge < -0.3 is 10.2 Å². The third kappa shape index (κ3) is 2.92. The molecule has 4 N–H and O–H groups in total. The zero-order valence-electron chi connectivity index (χ0n) is 4.89. The first kappa shape index (κ1) is 7.84. The molecule has 0 unspecified atom stereocenters. The van der Waals surface area contributed by atoms with E-state index in [1.165, 1.54) is 0 Å². The Labute approximate surface area is 48.5 Å². The molecule has 0 aliphatic carbocycles. The second-order valence-corrected chi connectivity index (χ2v) is 1.46. The molecule has 0 aromatic carbocycles. The molecule has 0 aliphatic heterocycles. The maximum absolute atomic E-state index is 8.39. The van der Waals surface area contributed by atoms with Gasteiger partial charge in [-0.2, -0.15) is 0 Å². The van der Waals surface area contributed by atoms with Crippen molar-refractivity contribution in [2.24, 2.45) is 0 Å². The predicted molar refractivity (Wildman–Crippen MR) is 30.2 cm³/mol. The minimum Gasteiger partial charge on any atom is -0.395 e. The van der Waals surface area contributed by atoms with E-state index in [2.05, 4.69) is 10.9 Å². The van der Waals surface area contributed by atoms with Crippen LogP contribution in [0.2, 0.25) is 0 Å². The summed E-state index contributed by atoms with van der Waals surface area (Å²) < 4.78 is 0. The summed E-state index contributed by atoms with van der Waals surface area (Å²) >= 11 is 0. The van der Waals surface area contributed by atoms with Crippen molar-refractivity contribution in [2.45, 2.75) is 6.04 Å². The topological polar surface area (TPSA) is 64.5 Å². The second-order valence-electron chi connectivity index (χ2n) is 1.46. The number of aliphatic hydroxyl groups excluding tert-OH is 2. The van der Waals surface area contributed by atoms with Gasteiger partial charge in [-0.15, -0.1) is 0 Å². The quantitative estimate of drug-likeness (QED) is 0.326. The molecule has 4 heteroatoms. The van der Waals surface area contributed by atoms with Gasteiger partial charge in [0.2, 0.25) is 0 Å². The molecule has 0 radical (unpaired) electrons. The van der Waals surface area contributed by atoms with Gasteiger partial charge in [0.1, 0.15) is 0 Å². The Morgan fingerprint density at radius 1 is 1.38 bits per heavy atom. The van der Waals surface area contributed by atoms with Gasteiger partial charge in [0.05, 0.1) is 19.3 Å². The van der Waals surface area contributed by atoms with Crippen molar-refractivity contribution in [1.82, 2.24) is 10.9 Å². The van der Waals surface area contributed by atoms with Crippen molar-refractivity contribution in [3.63, 3.8) is 0 Å². The Hall–Kier alpha value is -0.160. The van der Waals surface area contributed by atoms with Crippen LogP contribution in [0.4, 0.5) is 0 Å². The fourth-order valence-electron chi connectivity index (χ4n) is 0.353. The lowest BCUT2D eigenvalue weighted by Gasteiger charge is -2.10. The molecular formula is C4H12N2O2. The number of nitrogens with one attached hydrogen (secondary N) is 2. The van der Waals surface area contributed by atoms with Crippen molar-refractivity contribution in [3.8, 4) is 0 Å². The lowest BCUT2D eigenvalue weighted by molar-refractivity contribution is 0.163. The maximum Gasteiger partial charge on any atom is 0.0675 e. The number of hydrogen-bond donors (Lipinski definition) is 4. The van der Waals surface area contributed by atoms with Gasteiger partial charge in [0.15, 0.2) is 0 Å². The zero-order valence-corrected chi connectivity index (χ0v) is 4.89.